The Labute approximate surface area is 111 Å². The van der Waals surface area contributed by atoms with Crippen molar-refractivity contribution in [2.24, 2.45) is 0 Å². The summed E-state index contributed by atoms with van der Waals surface area (Å²) < 4.78 is 11.4. The molecule has 0 fully saturated rings. The van der Waals surface area contributed by atoms with Gasteiger partial charge in [-0.2, -0.15) is 0 Å². The van der Waals surface area contributed by atoms with E-state index in [1.807, 2.05) is 20.8 Å². The summed E-state index contributed by atoms with van der Waals surface area (Å²) in [6.45, 7) is 6.46. The molecule has 5 heteroatoms. The highest BCUT2D eigenvalue weighted by atomic mass is 32.2. The molecular formula is C13H21NO3S. The zero-order valence-electron chi connectivity index (χ0n) is 11.2. The first-order valence-electron chi connectivity index (χ1n) is 5.80. The van der Waals surface area contributed by atoms with Gasteiger partial charge in [0.1, 0.15) is 6.26 Å². The van der Waals surface area contributed by atoms with Crippen LogP contribution in [0.15, 0.2) is 23.1 Å². The second-order valence-corrected chi connectivity index (χ2v) is 6.68. The first kappa shape index (κ1) is 15.3. The van der Waals surface area contributed by atoms with Crippen molar-refractivity contribution >= 4 is 11.2 Å². The maximum atomic E-state index is 11.4. The largest absolute Gasteiger partial charge is 0.612 e. The molecule has 0 saturated heterocycles. The van der Waals surface area contributed by atoms with E-state index in [-0.39, 0.29) is 11.3 Å². The summed E-state index contributed by atoms with van der Waals surface area (Å²) in [7, 11) is 0. The lowest BCUT2D eigenvalue weighted by atomic mass is 10.1. The van der Waals surface area contributed by atoms with E-state index in [0.29, 0.717) is 17.0 Å². The molecule has 2 unspecified atom stereocenters. The zero-order chi connectivity index (χ0) is 13.9. The van der Waals surface area contributed by atoms with Crippen molar-refractivity contribution in [2.75, 3.05) is 12.8 Å². The van der Waals surface area contributed by atoms with E-state index < -0.39 is 17.3 Å². The Morgan fingerprint density at radius 3 is 2.50 bits per heavy atom. The molecule has 1 rings (SSSR count). The van der Waals surface area contributed by atoms with E-state index in [9.17, 15) is 14.8 Å². The van der Waals surface area contributed by atoms with Crippen LogP contribution in [0.1, 0.15) is 32.4 Å². The fourth-order valence-electron chi connectivity index (χ4n) is 1.49. The van der Waals surface area contributed by atoms with Crippen LogP contribution in [-0.4, -0.2) is 33.1 Å². The van der Waals surface area contributed by atoms with Gasteiger partial charge in [0.05, 0.1) is 6.10 Å². The number of β-amino-alcohol motifs (C(OH)–C–C–N with tert-alkyl or cyclic N) is 1. The Kier molecular flexibility index (Phi) is 5.04. The molecule has 0 bridgehead atoms. The minimum absolute atomic E-state index is 0.00411. The number of rotatable bonds is 4. The number of hydrogen-bond acceptors (Lipinski definition) is 4. The smallest absolute Gasteiger partial charge is 0.194 e. The van der Waals surface area contributed by atoms with Gasteiger partial charge in [-0.3, -0.25) is 0 Å². The van der Waals surface area contributed by atoms with Crippen LogP contribution in [0.2, 0.25) is 0 Å². The molecule has 0 aromatic heterocycles. The van der Waals surface area contributed by atoms with E-state index in [1.165, 1.54) is 12.3 Å². The van der Waals surface area contributed by atoms with Crippen molar-refractivity contribution in [3.8, 4) is 5.75 Å². The lowest BCUT2D eigenvalue weighted by molar-refractivity contribution is 0.163. The van der Waals surface area contributed by atoms with Crippen LogP contribution < -0.4 is 5.32 Å². The summed E-state index contributed by atoms with van der Waals surface area (Å²) in [5, 5.41) is 22.8. The van der Waals surface area contributed by atoms with Crippen LogP contribution in [0.25, 0.3) is 0 Å². The average molecular weight is 271 g/mol. The fourth-order valence-corrected chi connectivity index (χ4v) is 2.15. The van der Waals surface area contributed by atoms with Crippen LogP contribution in [0.4, 0.5) is 0 Å². The number of hydrogen-bond donors (Lipinski definition) is 3. The van der Waals surface area contributed by atoms with Gasteiger partial charge in [-0.15, -0.1) is 0 Å². The third-order valence-corrected chi connectivity index (χ3v) is 3.45. The lowest BCUT2D eigenvalue weighted by Crippen LogP contribution is -2.38. The van der Waals surface area contributed by atoms with E-state index in [0.717, 1.165) is 0 Å². The molecular weight excluding hydrogens is 250 g/mol. The fraction of sp³-hybridized carbons (Fsp3) is 0.538. The lowest BCUT2D eigenvalue weighted by Gasteiger charge is -2.23. The topological polar surface area (TPSA) is 75.5 Å². The first-order valence-corrected chi connectivity index (χ1v) is 7.36. The van der Waals surface area contributed by atoms with E-state index in [1.54, 1.807) is 12.1 Å². The third-order valence-electron chi connectivity index (χ3n) is 2.50. The van der Waals surface area contributed by atoms with Crippen LogP contribution in [0.5, 0.6) is 5.75 Å². The highest BCUT2D eigenvalue weighted by Gasteiger charge is 2.17. The number of nitrogens with one attached hydrogen (secondary N) is 1. The number of benzene rings is 1. The van der Waals surface area contributed by atoms with E-state index in [4.69, 9.17) is 0 Å². The number of aliphatic hydroxyl groups is 1. The van der Waals surface area contributed by atoms with Gasteiger partial charge in [0.15, 0.2) is 10.6 Å². The molecule has 4 nitrogen and oxygen atoms in total. The minimum Gasteiger partial charge on any atom is -0.612 e. The number of aromatic hydroxyl groups is 1. The Hall–Kier alpha value is -0.750. The zero-order valence-corrected chi connectivity index (χ0v) is 12.0. The van der Waals surface area contributed by atoms with Crippen molar-refractivity contribution in [3.63, 3.8) is 0 Å². The molecule has 1 aromatic carbocycles. The first-order chi connectivity index (χ1) is 8.20. The van der Waals surface area contributed by atoms with Crippen LogP contribution in [-0.2, 0) is 11.2 Å². The molecule has 0 aliphatic rings. The van der Waals surface area contributed by atoms with E-state index >= 15 is 0 Å². The Balaban J connectivity index is 2.80. The molecule has 1 aromatic rings. The average Bonchev–Trinajstić information content (AvgIpc) is 2.25. The van der Waals surface area contributed by atoms with Crippen LogP contribution in [0, 0.1) is 0 Å². The monoisotopic (exact) mass is 271 g/mol. The van der Waals surface area contributed by atoms with Crippen LogP contribution >= 0.6 is 0 Å². The summed E-state index contributed by atoms with van der Waals surface area (Å²) in [5.74, 6) is -0.00411. The summed E-state index contributed by atoms with van der Waals surface area (Å²) >= 11 is -1.27. The molecule has 2 atom stereocenters. The van der Waals surface area contributed by atoms with Crippen molar-refractivity contribution in [2.45, 2.75) is 37.3 Å². The number of aliphatic hydroxyl groups excluding tert-OH is 1. The van der Waals surface area contributed by atoms with Crippen molar-refractivity contribution in [3.05, 3.63) is 23.8 Å². The predicted molar refractivity (Wildman–Crippen MR) is 73.2 cm³/mol. The standard InChI is InChI=1S/C13H21NO3S/c1-13(2,3)14-8-11(16)9-5-6-10(15)12(7-9)18(4)17/h5-7,11,14-16H,8H2,1-4H3. The van der Waals surface area contributed by atoms with Crippen molar-refractivity contribution in [1.82, 2.24) is 5.32 Å². The second-order valence-electron chi connectivity index (χ2n) is 5.33. The molecule has 102 valence electrons. The SMILES string of the molecule is C[S+]([O-])c1cc(C(O)CNC(C)(C)C)ccc1O. The molecule has 0 spiro atoms. The molecule has 0 aliphatic carbocycles. The Bertz CT molecular complexity index is 402. The Morgan fingerprint density at radius 2 is 2.00 bits per heavy atom. The summed E-state index contributed by atoms with van der Waals surface area (Å²) in [6, 6.07) is 4.69. The van der Waals surface area contributed by atoms with Gasteiger partial charge in [0, 0.05) is 18.2 Å². The van der Waals surface area contributed by atoms with Crippen molar-refractivity contribution < 1.29 is 14.8 Å². The van der Waals surface area contributed by atoms with Gasteiger partial charge in [0.25, 0.3) is 0 Å². The highest BCUT2D eigenvalue weighted by molar-refractivity contribution is 7.90. The quantitative estimate of drug-likeness (QED) is 0.726. The molecule has 3 N–H and O–H groups in total. The van der Waals surface area contributed by atoms with Crippen LogP contribution in [0.3, 0.4) is 0 Å². The molecule has 0 radical (unpaired) electrons. The minimum atomic E-state index is -1.27. The highest BCUT2D eigenvalue weighted by Crippen LogP contribution is 2.26. The van der Waals surface area contributed by atoms with Gasteiger partial charge >= 0.3 is 0 Å². The molecule has 0 aliphatic heterocycles. The Morgan fingerprint density at radius 1 is 1.39 bits per heavy atom. The van der Waals surface area contributed by atoms with Gasteiger partial charge in [-0.1, -0.05) is 6.07 Å². The van der Waals surface area contributed by atoms with E-state index in [2.05, 4.69) is 5.32 Å². The molecule has 0 saturated carbocycles. The number of phenolic OH excluding ortho intramolecular Hbond substituents is 1. The van der Waals surface area contributed by atoms with Gasteiger partial charge < -0.3 is 20.1 Å². The number of phenols is 1. The predicted octanol–water partition coefficient (Wildman–Crippen LogP) is 1.55. The van der Waals surface area contributed by atoms with Gasteiger partial charge in [-0.05, 0) is 43.6 Å². The normalized spacial score (nSPS) is 15.4. The summed E-state index contributed by atoms with van der Waals surface area (Å²) in [4.78, 5) is 0.349. The molecule has 0 heterocycles. The summed E-state index contributed by atoms with van der Waals surface area (Å²) in [6.07, 6.45) is 0.811. The maximum absolute atomic E-state index is 11.4. The summed E-state index contributed by atoms with van der Waals surface area (Å²) in [5.41, 5.74) is 0.573. The van der Waals surface area contributed by atoms with Gasteiger partial charge in [-0.25, -0.2) is 0 Å². The third kappa shape index (κ3) is 4.49. The van der Waals surface area contributed by atoms with Crippen molar-refractivity contribution in [1.29, 1.82) is 0 Å². The second kappa shape index (κ2) is 5.93. The van der Waals surface area contributed by atoms with Gasteiger partial charge in [0.2, 0.25) is 0 Å². The maximum Gasteiger partial charge on any atom is 0.194 e. The molecule has 0 amide bonds. The molecule has 18 heavy (non-hydrogen) atoms.